The molecule has 0 aromatic heterocycles. The van der Waals surface area contributed by atoms with E-state index in [1.165, 1.54) is 30.3 Å². The van der Waals surface area contributed by atoms with Crippen molar-refractivity contribution in [2.45, 2.75) is 13.8 Å². The summed E-state index contributed by atoms with van der Waals surface area (Å²) >= 11 is 0. The Morgan fingerprint density at radius 1 is 1.10 bits per heavy atom. The Bertz CT molecular complexity index is 645. The summed E-state index contributed by atoms with van der Waals surface area (Å²) in [6.07, 6.45) is 3.04. The average molecular weight is 269 g/mol. The monoisotopic (exact) mass is 269 g/mol. The molecular formula is C17H16FNO. The first-order valence-electron chi connectivity index (χ1n) is 6.36. The van der Waals surface area contributed by atoms with E-state index in [0.29, 0.717) is 5.56 Å². The lowest BCUT2D eigenvalue weighted by atomic mass is 10.1. The Balaban J connectivity index is 2.04. The molecule has 0 aliphatic carbocycles. The number of hydrogen-bond donors (Lipinski definition) is 1. The average Bonchev–Trinajstić information content (AvgIpc) is 2.43. The number of carbonyl (C=O) groups is 1. The van der Waals surface area contributed by atoms with Crippen LogP contribution in [0.2, 0.25) is 0 Å². The molecule has 1 N–H and O–H groups in total. The predicted octanol–water partition coefficient (Wildman–Crippen LogP) is 4.25. The zero-order valence-electron chi connectivity index (χ0n) is 11.5. The first-order chi connectivity index (χ1) is 9.56. The van der Waals surface area contributed by atoms with Crippen LogP contribution in [-0.2, 0) is 0 Å². The van der Waals surface area contributed by atoms with Crippen LogP contribution in [-0.4, -0.2) is 5.78 Å². The topological polar surface area (TPSA) is 29.1 Å². The van der Waals surface area contributed by atoms with Crippen molar-refractivity contribution < 1.29 is 9.18 Å². The first kappa shape index (κ1) is 14.0. The van der Waals surface area contributed by atoms with Gasteiger partial charge < -0.3 is 5.32 Å². The summed E-state index contributed by atoms with van der Waals surface area (Å²) in [5.41, 5.74) is 3.68. The van der Waals surface area contributed by atoms with Crippen LogP contribution in [0, 0.1) is 19.7 Å². The Kier molecular flexibility index (Phi) is 4.31. The summed E-state index contributed by atoms with van der Waals surface area (Å²) in [6, 6.07) is 11.6. The number of aryl methyl sites for hydroxylation is 2. The van der Waals surface area contributed by atoms with Crippen LogP contribution in [0.5, 0.6) is 0 Å². The smallest absolute Gasteiger partial charge is 0.187 e. The zero-order chi connectivity index (χ0) is 14.5. The van der Waals surface area contributed by atoms with E-state index >= 15 is 0 Å². The van der Waals surface area contributed by atoms with Crippen LogP contribution in [0.4, 0.5) is 10.1 Å². The fourth-order valence-electron chi connectivity index (χ4n) is 1.81. The quantitative estimate of drug-likeness (QED) is 0.664. The van der Waals surface area contributed by atoms with Gasteiger partial charge in [0.2, 0.25) is 0 Å². The van der Waals surface area contributed by atoms with E-state index in [9.17, 15) is 9.18 Å². The molecule has 0 radical (unpaired) electrons. The molecule has 0 saturated heterocycles. The molecule has 0 spiro atoms. The minimum absolute atomic E-state index is 0.164. The van der Waals surface area contributed by atoms with Gasteiger partial charge in [0.05, 0.1) is 0 Å². The predicted molar refractivity (Wildman–Crippen MR) is 79.4 cm³/mol. The number of anilines is 1. The van der Waals surface area contributed by atoms with E-state index in [-0.39, 0.29) is 11.6 Å². The number of halogens is 1. The molecule has 0 aliphatic rings. The third-order valence-electron chi connectivity index (χ3n) is 3.00. The van der Waals surface area contributed by atoms with Crippen LogP contribution >= 0.6 is 0 Å². The van der Waals surface area contributed by atoms with Gasteiger partial charge in [0, 0.05) is 23.5 Å². The van der Waals surface area contributed by atoms with Crippen molar-refractivity contribution in [2.75, 3.05) is 5.32 Å². The maximum atomic E-state index is 12.8. The summed E-state index contributed by atoms with van der Waals surface area (Å²) in [5.74, 6) is -0.512. The molecule has 20 heavy (non-hydrogen) atoms. The lowest BCUT2D eigenvalue weighted by Gasteiger charge is -2.06. The molecule has 2 nitrogen and oxygen atoms in total. The third kappa shape index (κ3) is 3.54. The van der Waals surface area contributed by atoms with E-state index in [0.717, 1.165) is 16.8 Å². The maximum absolute atomic E-state index is 12.8. The van der Waals surface area contributed by atoms with Gasteiger partial charge in [-0.3, -0.25) is 4.79 Å². The number of hydrogen-bond acceptors (Lipinski definition) is 2. The first-order valence-corrected chi connectivity index (χ1v) is 6.36. The molecule has 0 atom stereocenters. The largest absolute Gasteiger partial charge is 0.361 e. The highest BCUT2D eigenvalue weighted by Gasteiger charge is 2.01. The molecule has 102 valence electrons. The van der Waals surface area contributed by atoms with Gasteiger partial charge >= 0.3 is 0 Å². The highest BCUT2D eigenvalue weighted by Crippen LogP contribution is 2.16. The van der Waals surface area contributed by atoms with Crippen molar-refractivity contribution in [1.82, 2.24) is 0 Å². The molecule has 0 unspecified atom stereocenters. The number of ketones is 1. The number of carbonyl (C=O) groups excluding carboxylic acids is 1. The number of rotatable bonds is 4. The zero-order valence-corrected chi connectivity index (χ0v) is 11.5. The summed E-state index contributed by atoms with van der Waals surface area (Å²) in [6.45, 7) is 4.01. The normalized spacial score (nSPS) is 10.8. The molecule has 0 saturated carbocycles. The van der Waals surface area contributed by atoms with Crippen LogP contribution in [0.25, 0.3) is 0 Å². The second kappa shape index (κ2) is 6.15. The fourth-order valence-corrected chi connectivity index (χ4v) is 1.81. The number of benzene rings is 2. The lowest BCUT2D eigenvalue weighted by Crippen LogP contribution is -1.97. The number of nitrogens with one attached hydrogen (secondary N) is 1. The van der Waals surface area contributed by atoms with Gasteiger partial charge in [0.25, 0.3) is 0 Å². The highest BCUT2D eigenvalue weighted by molar-refractivity contribution is 6.04. The van der Waals surface area contributed by atoms with Crippen molar-refractivity contribution >= 4 is 11.5 Å². The molecule has 0 fully saturated rings. The van der Waals surface area contributed by atoms with Gasteiger partial charge in [0.15, 0.2) is 5.78 Å². The molecule has 2 rings (SSSR count). The Morgan fingerprint density at radius 2 is 1.80 bits per heavy atom. The number of allylic oxidation sites excluding steroid dienone is 1. The van der Waals surface area contributed by atoms with E-state index in [1.807, 2.05) is 32.0 Å². The summed E-state index contributed by atoms with van der Waals surface area (Å²) in [7, 11) is 0. The minimum atomic E-state index is -0.348. The van der Waals surface area contributed by atoms with E-state index in [2.05, 4.69) is 5.32 Å². The van der Waals surface area contributed by atoms with Crippen LogP contribution in [0.15, 0.2) is 54.7 Å². The van der Waals surface area contributed by atoms with Crippen LogP contribution in [0.1, 0.15) is 21.5 Å². The Labute approximate surface area is 118 Å². The van der Waals surface area contributed by atoms with E-state index < -0.39 is 0 Å². The molecule has 0 amide bonds. The van der Waals surface area contributed by atoms with E-state index in [1.54, 1.807) is 6.20 Å². The molecule has 0 bridgehead atoms. The molecular weight excluding hydrogens is 253 g/mol. The molecule has 3 heteroatoms. The van der Waals surface area contributed by atoms with Gasteiger partial charge in [-0.15, -0.1) is 0 Å². The van der Waals surface area contributed by atoms with Crippen molar-refractivity contribution in [3.05, 3.63) is 77.2 Å². The van der Waals surface area contributed by atoms with Crippen molar-refractivity contribution in [1.29, 1.82) is 0 Å². The van der Waals surface area contributed by atoms with Crippen LogP contribution < -0.4 is 5.32 Å². The fraction of sp³-hybridized carbons (Fsp3) is 0.118. The Hall–Kier alpha value is -2.42. The van der Waals surface area contributed by atoms with E-state index in [4.69, 9.17) is 0 Å². The molecule has 0 aliphatic heterocycles. The summed E-state index contributed by atoms with van der Waals surface area (Å²) < 4.78 is 12.8. The second-order valence-electron chi connectivity index (χ2n) is 4.67. The van der Waals surface area contributed by atoms with Crippen molar-refractivity contribution in [2.24, 2.45) is 0 Å². The summed E-state index contributed by atoms with van der Waals surface area (Å²) in [4.78, 5) is 11.8. The third-order valence-corrected chi connectivity index (χ3v) is 3.00. The molecule has 2 aromatic rings. The van der Waals surface area contributed by atoms with Crippen molar-refractivity contribution in [3.8, 4) is 0 Å². The SMILES string of the molecule is Cc1ccc(C)c(NC=CC(=O)c2ccc(F)cc2)c1. The molecule has 2 aromatic carbocycles. The highest BCUT2D eigenvalue weighted by atomic mass is 19.1. The van der Waals surface area contributed by atoms with Gasteiger partial charge in [-0.25, -0.2) is 4.39 Å². The van der Waals surface area contributed by atoms with Gasteiger partial charge in [-0.2, -0.15) is 0 Å². The van der Waals surface area contributed by atoms with Crippen LogP contribution in [0.3, 0.4) is 0 Å². The van der Waals surface area contributed by atoms with Gasteiger partial charge in [-0.1, -0.05) is 12.1 Å². The maximum Gasteiger partial charge on any atom is 0.187 e. The lowest BCUT2D eigenvalue weighted by molar-refractivity contribution is 0.104. The minimum Gasteiger partial charge on any atom is -0.361 e. The molecule has 0 heterocycles. The standard InChI is InChI=1S/C17H16FNO/c1-12-3-4-13(2)16(11-12)19-10-9-17(20)14-5-7-15(18)8-6-14/h3-11,19H,1-2H3. The van der Waals surface area contributed by atoms with Gasteiger partial charge in [0.1, 0.15) is 5.82 Å². The van der Waals surface area contributed by atoms with Crippen molar-refractivity contribution in [3.63, 3.8) is 0 Å². The summed E-state index contributed by atoms with van der Waals surface area (Å²) in [5, 5.41) is 3.09. The second-order valence-corrected chi connectivity index (χ2v) is 4.67. The Morgan fingerprint density at radius 3 is 2.50 bits per heavy atom. The van der Waals surface area contributed by atoms with Gasteiger partial charge in [-0.05, 0) is 55.3 Å².